The van der Waals surface area contributed by atoms with Crippen LogP contribution >= 0.6 is 0 Å². The zero-order chi connectivity index (χ0) is 14.0. The molecular weight excluding hydrogens is 259 g/mol. The Morgan fingerprint density at radius 3 is 2.42 bits per heavy atom. The summed E-state index contributed by atoms with van der Waals surface area (Å²) >= 11 is 0. The smallest absolute Gasteiger partial charge is 0.378 e. The second kappa shape index (κ2) is 5.21. The lowest BCUT2D eigenvalue weighted by Crippen LogP contribution is -2.37. The maximum atomic E-state index is 12.7. The molecule has 104 valence electrons. The Morgan fingerprint density at radius 2 is 1.89 bits per heavy atom. The summed E-state index contributed by atoms with van der Waals surface area (Å²) in [7, 11) is 0. The minimum Gasteiger partial charge on any atom is -0.378 e. The van der Waals surface area contributed by atoms with Crippen molar-refractivity contribution in [1.82, 2.24) is 0 Å². The molecule has 0 amide bonds. The number of morpholine rings is 1. The molecule has 0 N–H and O–H groups in total. The van der Waals surface area contributed by atoms with E-state index in [1.54, 1.807) is 4.90 Å². The van der Waals surface area contributed by atoms with Crippen molar-refractivity contribution in [2.45, 2.75) is 13.1 Å². The molecule has 0 atom stereocenters. The first-order chi connectivity index (χ1) is 8.89. The number of ketones is 1. The Bertz CT molecular complexity index is 479. The number of hydrogen-bond acceptors (Lipinski definition) is 3. The van der Waals surface area contributed by atoms with E-state index in [4.69, 9.17) is 4.74 Å². The summed E-state index contributed by atoms with van der Waals surface area (Å²) in [6.07, 6.45) is -4.41. The molecule has 3 nitrogen and oxygen atoms in total. The Morgan fingerprint density at radius 1 is 1.26 bits per heavy atom. The summed E-state index contributed by atoms with van der Waals surface area (Å²) in [6, 6.07) is 3.23. The van der Waals surface area contributed by atoms with E-state index in [9.17, 15) is 18.0 Å². The number of rotatable bonds is 2. The molecule has 1 aromatic rings. The highest BCUT2D eigenvalue weighted by molar-refractivity contribution is 5.99. The van der Waals surface area contributed by atoms with Crippen molar-refractivity contribution in [3.63, 3.8) is 0 Å². The summed E-state index contributed by atoms with van der Waals surface area (Å²) in [5.74, 6) is -0.241. The van der Waals surface area contributed by atoms with Gasteiger partial charge in [-0.3, -0.25) is 4.79 Å². The van der Waals surface area contributed by atoms with Crippen LogP contribution in [0, 0.1) is 0 Å². The van der Waals surface area contributed by atoms with Gasteiger partial charge in [-0.05, 0) is 25.1 Å². The molecule has 19 heavy (non-hydrogen) atoms. The van der Waals surface area contributed by atoms with Gasteiger partial charge in [0.05, 0.1) is 18.8 Å². The van der Waals surface area contributed by atoms with Gasteiger partial charge in [-0.2, -0.15) is 13.2 Å². The molecule has 0 spiro atoms. The lowest BCUT2D eigenvalue weighted by molar-refractivity contribution is -0.137. The first-order valence-electron chi connectivity index (χ1n) is 5.94. The second-order valence-corrected chi connectivity index (χ2v) is 4.39. The molecule has 0 aliphatic carbocycles. The van der Waals surface area contributed by atoms with Gasteiger partial charge >= 0.3 is 6.18 Å². The SMILES string of the molecule is CC(=O)c1ccc(C(F)(F)F)cc1N1CCOCC1. The van der Waals surface area contributed by atoms with Crippen molar-refractivity contribution < 1.29 is 22.7 Å². The second-order valence-electron chi connectivity index (χ2n) is 4.39. The standard InChI is InChI=1S/C13H14F3NO2/c1-9(18)11-3-2-10(13(14,15)16)8-12(11)17-4-6-19-7-5-17/h2-3,8H,4-7H2,1H3. The number of carbonyl (C=O) groups excluding carboxylic acids is 1. The molecule has 1 aliphatic heterocycles. The average Bonchev–Trinajstić information content (AvgIpc) is 2.38. The van der Waals surface area contributed by atoms with Gasteiger partial charge < -0.3 is 9.64 Å². The summed E-state index contributed by atoms with van der Waals surface area (Å²) in [5, 5.41) is 0. The normalized spacial score (nSPS) is 16.5. The maximum Gasteiger partial charge on any atom is 0.416 e. The third-order valence-electron chi connectivity index (χ3n) is 3.06. The number of hydrogen-bond donors (Lipinski definition) is 0. The lowest BCUT2D eigenvalue weighted by atomic mass is 10.0. The Labute approximate surface area is 109 Å². The van der Waals surface area contributed by atoms with Gasteiger partial charge in [0.25, 0.3) is 0 Å². The van der Waals surface area contributed by atoms with Crippen molar-refractivity contribution in [3.8, 4) is 0 Å². The van der Waals surface area contributed by atoms with Gasteiger partial charge in [0.1, 0.15) is 0 Å². The van der Waals surface area contributed by atoms with Gasteiger partial charge in [0.15, 0.2) is 5.78 Å². The number of anilines is 1. The molecule has 0 unspecified atom stereocenters. The number of carbonyl (C=O) groups is 1. The average molecular weight is 273 g/mol. The summed E-state index contributed by atoms with van der Waals surface area (Å²) in [5.41, 5.74) is -0.0838. The lowest BCUT2D eigenvalue weighted by Gasteiger charge is -2.30. The van der Waals surface area contributed by atoms with E-state index in [1.807, 2.05) is 0 Å². The number of benzene rings is 1. The summed E-state index contributed by atoms with van der Waals surface area (Å²) < 4.78 is 43.4. The molecule has 1 fully saturated rings. The molecule has 1 aromatic carbocycles. The molecule has 0 radical (unpaired) electrons. The van der Waals surface area contributed by atoms with E-state index in [0.29, 0.717) is 37.6 Å². The highest BCUT2D eigenvalue weighted by Gasteiger charge is 2.32. The van der Waals surface area contributed by atoms with E-state index in [0.717, 1.165) is 12.1 Å². The van der Waals surface area contributed by atoms with E-state index >= 15 is 0 Å². The third-order valence-corrected chi connectivity index (χ3v) is 3.06. The molecule has 1 heterocycles. The number of Topliss-reactive ketones (excluding diaryl/α,β-unsaturated/α-hetero) is 1. The van der Waals surface area contributed by atoms with Crippen LogP contribution in [0.15, 0.2) is 18.2 Å². The van der Waals surface area contributed by atoms with Gasteiger partial charge in [0, 0.05) is 24.3 Å². The fourth-order valence-electron chi connectivity index (χ4n) is 2.07. The fourth-order valence-corrected chi connectivity index (χ4v) is 2.07. The minimum absolute atomic E-state index is 0.241. The largest absolute Gasteiger partial charge is 0.416 e. The van der Waals surface area contributed by atoms with Crippen molar-refractivity contribution in [2.75, 3.05) is 31.2 Å². The summed E-state index contributed by atoms with van der Waals surface area (Å²) in [6.45, 7) is 3.23. The third kappa shape index (κ3) is 3.07. The van der Waals surface area contributed by atoms with Gasteiger partial charge in [0.2, 0.25) is 0 Å². The quantitative estimate of drug-likeness (QED) is 0.776. The number of halogens is 3. The summed E-state index contributed by atoms with van der Waals surface area (Å²) in [4.78, 5) is 13.3. The van der Waals surface area contributed by atoms with Crippen LogP contribution in [-0.2, 0) is 10.9 Å². The van der Waals surface area contributed by atoms with Crippen molar-refractivity contribution >= 4 is 11.5 Å². The fraction of sp³-hybridized carbons (Fsp3) is 0.462. The molecule has 2 rings (SSSR count). The van der Waals surface area contributed by atoms with Crippen LogP contribution in [0.2, 0.25) is 0 Å². The van der Waals surface area contributed by atoms with Gasteiger partial charge in [-0.15, -0.1) is 0 Å². The van der Waals surface area contributed by atoms with E-state index in [1.165, 1.54) is 13.0 Å². The van der Waals surface area contributed by atoms with E-state index < -0.39 is 11.7 Å². The number of ether oxygens (including phenoxy) is 1. The van der Waals surface area contributed by atoms with Crippen molar-refractivity contribution in [2.24, 2.45) is 0 Å². The van der Waals surface area contributed by atoms with Crippen LogP contribution in [0.5, 0.6) is 0 Å². The first kappa shape index (κ1) is 13.9. The van der Waals surface area contributed by atoms with Crippen LogP contribution in [0.3, 0.4) is 0 Å². The molecule has 0 aromatic heterocycles. The minimum atomic E-state index is -4.41. The number of nitrogens with zero attached hydrogens (tertiary/aromatic N) is 1. The molecule has 6 heteroatoms. The van der Waals surface area contributed by atoms with Crippen LogP contribution < -0.4 is 4.90 Å². The number of alkyl halides is 3. The predicted octanol–water partition coefficient (Wildman–Crippen LogP) is 2.74. The first-order valence-corrected chi connectivity index (χ1v) is 5.94. The Balaban J connectivity index is 2.44. The van der Waals surface area contributed by atoms with Crippen LogP contribution in [0.4, 0.5) is 18.9 Å². The van der Waals surface area contributed by atoms with Crippen LogP contribution in [0.1, 0.15) is 22.8 Å². The van der Waals surface area contributed by atoms with Crippen LogP contribution in [0.25, 0.3) is 0 Å². The highest BCUT2D eigenvalue weighted by Crippen LogP contribution is 2.34. The van der Waals surface area contributed by atoms with E-state index in [2.05, 4.69) is 0 Å². The monoisotopic (exact) mass is 273 g/mol. The predicted molar refractivity (Wildman–Crippen MR) is 64.5 cm³/mol. The molecule has 0 bridgehead atoms. The van der Waals surface area contributed by atoms with Crippen molar-refractivity contribution in [3.05, 3.63) is 29.3 Å². The molecule has 1 saturated heterocycles. The van der Waals surface area contributed by atoms with Gasteiger partial charge in [-0.25, -0.2) is 0 Å². The van der Waals surface area contributed by atoms with Gasteiger partial charge in [-0.1, -0.05) is 0 Å². The highest BCUT2D eigenvalue weighted by atomic mass is 19.4. The van der Waals surface area contributed by atoms with E-state index in [-0.39, 0.29) is 5.78 Å². The Kier molecular flexibility index (Phi) is 3.80. The van der Waals surface area contributed by atoms with Crippen LogP contribution in [-0.4, -0.2) is 32.1 Å². The Hall–Kier alpha value is -1.56. The molecule has 1 aliphatic rings. The zero-order valence-corrected chi connectivity index (χ0v) is 10.5. The topological polar surface area (TPSA) is 29.5 Å². The molecular formula is C13H14F3NO2. The zero-order valence-electron chi connectivity index (χ0n) is 10.5. The molecule has 0 saturated carbocycles. The maximum absolute atomic E-state index is 12.7. The van der Waals surface area contributed by atoms with Crippen molar-refractivity contribution in [1.29, 1.82) is 0 Å².